The maximum absolute atomic E-state index is 10.5. The molecule has 12 heavy (non-hydrogen) atoms. The van der Waals surface area contributed by atoms with Gasteiger partial charge < -0.3 is 4.55 Å². The standard InChI is InChI=1S/C7H9NO2S.Na/c1-5-3-6(2)7(8-4-5)11(9)10;/h3-4H,1-2H3,(H,9,10);/q;+1/p-1. The molecule has 60 valence electrons. The first-order valence-electron chi connectivity index (χ1n) is 3.14. The smallest absolute Gasteiger partial charge is 0.767 e. The van der Waals surface area contributed by atoms with Crippen molar-refractivity contribution in [1.29, 1.82) is 0 Å². The largest absolute Gasteiger partial charge is 1.00 e. The molecule has 3 nitrogen and oxygen atoms in total. The normalized spacial score (nSPS) is 11.9. The number of pyridine rings is 1. The number of hydrogen-bond donors (Lipinski definition) is 0. The fraction of sp³-hybridized carbons (Fsp3) is 0.286. The van der Waals surface area contributed by atoms with E-state index in [0.29, 0.717) is 5.56 Å². The Morgan fingerprint density at radius 1 is 1.50 bits per heavy atom. The van der Waals surface area contributed by atoms with Gasteiger partial charge in [0.1, 0.15) is 5.03 Å². The topological polar surface area (TPSA) is 53.0 Å². The van der Waals surface area contributed by atoms with Crippen molar-refractivity contribution in [3.8, 4) is 0 Å². The monoisotopic (exact) mass is 193 g/mol. The summed E-state index contributed by atoms with van der Waals surface area (Å²) in [5, 5.41) is 0.135. The average Bonchev–Trinajstić information content (AvgIpc) is 1.85. The minimum atomic E-state index is -2.21. The van der Waals surface area contributed by atoms with Gasteiger partial charge in [0.2, 0.25) is 0 Å². The van der Waals surface area contributed by atoms with Gasteiger partial charge in [0.15, 0.2) is 0 Å². The van der Waals surface area contributed by atoms with Crippen molar-refractivity contribution in [3.63, 3.8) is 0 Å². The predicted octanol–water partition coefficient (Wildman–Crippen LogP) is -2.06. The van der Waals surface area contributed by atoms with Crippen molar-refractivity contribution in [1.82, 2.24) is 4.98 Å². The van der Waals surface area contributed by atoms with Crippen molar-refractivity contribution in [2.75, 3.05) is 0 Å². The summed E-state index contributed by atoms with van der Waals surface area (Å²) in [5.74, 6) is 0. The Morgan fingerprint density at radius 3 is 2.50 bits per heavy atom. The molecule has 1 unspecified atom stereocenters. The molecule has 1 rings (SSSR count). The van der Waals surface area contributed by atoms with Crippen LogP contribution < -0.4 is 29.6 Å². The summed E-state index contributed by atoms with van der Waals surface area (Å²) >= 11 is -2.21. The Kier molecular flexibility index (Phi) is 5.20. The molecule has 0 saturated carbocycles. The zero-order valence-corrected chi connectivity index (χ0v) is 10.1. The molecule has 1 aromatic rings. The van der Waals surface area contributed by atoms with E-state index in [9.17, 15) is 8.76 Å². The molecule has 0 amide bonds. The van der Waals surface area contributed by atoms with Gasteiger partial charge in [-0.05, 0) is 36.1 Å². The zero-order chi connectivity index (χ0) is 8.43. The van der Waals surface area contributed by atoms with E-state index >= 15 is 0 Å². The molecule has 0 saturated heterocycles. The van der Waals surface area contributed by atoms with Crippen LogP contribution in [-0.2, 0) is 11.1 Å². The van der Waals surface area contributed by atoms with E-state index in [1.165, 1.54) is 6.20 Å². The summed E-state index contributed by atoms with van der Waals surface area (Å²) in [6.45, 7) is 3.60. The summed E-state index contributed by atoms with van der Waals surface area (Å²) in [4.78, 5) is 3.76. The maximum atomic E-state index is 10.5. The zero-order valence-electron chi connectivity index (χ0n) is 7.33. The first-order chi connectivity index (χ1) is 5.11. The molecule has 0 N–H and O–H groups in total. The Hall–Kier alpha value is 0.260. The second kappa shape index (κ2) is 5.09. The van der Waals surface area contributed by atoms with Crippen LogP contribution in [-0.4, -0.2) is 13.7 Å². The third kappa shape index (κ3) is 2.95. The summed E-state index contributed by atoms with van der Waals surface area (Å²) in [5.41, 5.74) is 1.66. The van der Waals surface area contributed by atoms with Crippen molar-refractivity contribution in [2.45, 2.75) is 18.9 Å². The van der Waals surface area contributed by atoms with E-state index in [2.05, 4.69) is 4.98 Å². The van der Waals surface area contributed by atoms with E-state index in [0.717, 1.165) is 5.56 Å². The summed E-state index contributed by atoms with van der Waals surface area (Å²) in [7, 11) is 0. The second-order valence-electron chi connectivity index (χ2n) is 2.37. The minimum absolute atomic E-state index is 0. The van der Waals surface area contributed by atoms with Gasteiger partial charge >= 0.3 is 29.6 Å². The SMILES string of the molecule is Cc1cnc(S(=O)[O-])c(C)c1.[Na+]. The molecule has 0 radical (unpaired) electrons. The van der Waals surface area contributed by atoms with E-state index in [4.69, 9.17) is 0 Å². The first-order valence-corrected chi connectivity index (χ1v) is 4.21. The molecule has 0 bridgehead atoms. The molecule has 0 spiro atoms. The molecule has 0 aromatic carbocycles. The van der Waals surface area contributed by atoms with Crippen LogP contribution in [0.25, 0.3) is 0 Å². The molecule has 1 heterocycles. The molecular weight excluding hydrogens is 185 g/mol. The first kappa shape index (κ1) is 12.3. The van der Waals surface area contributed by atoms with Crippen molar-refractivity contribution >= 4 is 11.1 Å². The van der Waals surface area contributed by atoms with Gasteiger partial charge in [-0.25, -0.2) is 4.98 Å². The van der Waals surface area contributed by atoms with Gasteiger partial charge in [-0.2, -0.15) is 0 Å². The Labute approximate surface area is 96.2 Å². The van der Waals surface area contributed by atoms with E-state index in [-0.39, 0.29) is 34.6 Å². The molecule has 1 aromatic heterocycles. The molecule has 0 aliphatic heterocycles. The number of hydrogen-bond acceptors (Lipinski definition) is 3. The van der Waals surface area contributed by atoms with E-state index in [1.807, 2.05) is 6.92 Å². The molecule has 5 heteroatoms. The number of aryl methyl sites for hydroxylation is 2. The fourth-order valence-corrected chi connectivity index (χ4v) is 1.34. The van der Waals surface area contributed by atoms with Crippen molar-refractivity contribution < 1.29 is 38.3 Å². The van der Waals surface area contributed by atoms with Crippen LogP contribution in [0, 0.1) is 13.8 Å². The van der Waals surface area contributed by atoms with Crippen LogP contribution >= 0.6 is 0 Å². The predicted molar refractivity (Wildman–Crippen MR) is 40.9 cm³/mol. The van der Waals surface area contributed by atoms with Gasteiger partial charge in [0.05, 0.1) is 0 Å². The minimum Gasteiger partial charge on any atom is -0.767 e. The Balaban J connectivity index is 0.00000121. The third-order valence-electron chi connectivity index (χ3n) is 1.32. The van der Waals surface area contributed by atoms with E-state index in [1.54, 1.807) is 13.0 Å². The fourth-order valence-electron chi connectivity index (χ4n) is 0.877. The van der Waals surface area contributed by atoms with Gasteiger partial charge in [-0.3, -0.25) is 4.21 Å². The summed E-state index contributed by atoms with van der Waals surface area (Å²) in [6.07, 6.45) is 1.54. The van der Waals surface area contributed by atoms with Crippen molar-refractivity contribution in [2.24, 2.45) is 0 Å². The van der Waals surface area contributed by atoms with Crippen LogP contribution in [0.5, 0.6) is 0 Å². The Bertz CT molecular complexity index is 303. The van der Waals surface area contributed by atoms with Gasteiger partial charge in [-0.15, -0.1) is 0 Å². The van der Waals surface area contributed by atoms with Crippen LogP contribution in [0.2, 0.25) is 0 Å². The van der Waals surface area contributed by atoms with Crippen LogP contribution in [0.1, 0.15) is 11.1 Å². The number of nitrogens with zero attached hydrogens (tertiary/aromatic N) is 1. The summed E-state index contributed by atoms with van der Waals surface area (Å²) in [6, 6.07) is 1.79. The van der Waals surface area contributed by atoms with Crippen LogP contribution in [0.4, 0.5) is 0 Å². The molecule has 0 aliphatic carbocycles. The summed E-state index contributed by atoms with van der Waals surface area (Å²) < 4.78 is 20.9. The number of aromatic nitrogens is 1. The van der Waals surface area contributed by atoms with Gasteiger partial charge in [-0.1, -0.05) is 6.07 Å². The molecule has 1 atom stereocenters. The second-order valence-corrected chi connectivity index (χ2v) is 3.23. The van der Waals surface area contributed by atoms with Crippen molar-refractivity contribution in [3.05, 3.63) is 23.4 Å². The van der Waals surface area contributed by atoms with Gasteiger partial charge in [0.25, 0.3) is 0 Å². The van der Waals surface area contributed by atoms with Crippen LogP contribution in [0.15, 0.2) is 17.3 Å². The Morgan fingerprint density at radius 2 is 2.08 bits per heavy atom. The van der Waals surface area contributed by atoms with Gasteiger partial charge in [0, 0.05) is 6.20 Å². The quantitative estimate of drug-likeness (QED) is 0.381. The van der Waals surface area contributed by atoms with E-state index < -0.39 is 11.1 Å². The van der Waals surface area contributed by atoms with Crippen LogP contribution in [0.3, 0.4) is 0 Å². The molecular formula is C7H8NNaO2S. The third-order valence-corrected chi connectivity index (χ3v) is 2.07. The average molecular weight is 193 g/mol. The molecule has 0 fully saturated rings. The number of rotatable bonds is 1. The molecule has 0 aliphatic rings. The maximum Gasteiger partial charge on any atom is 1.00 e.